The van der Waals surface area contributed by atoms with Crippen molar-refractivity contribution >= 4 is 58.5 Å². The topological polar surface area (TPSA) is 96.7 Å². The molecule has 2 atom stereocenters. The van der Waals surface area contributed by atoms with Gasteiger partial charge in [0.1, 0.15) is 4.71 Å². The number of primary amides is 1. The van der Waals surface area contributed by atoms with E-state index in [1.165, 1.54) is 23.5 Å². The van der Waals surface area contributed by atoms with Crippen molar-refractivity contribution in [3.63, 3.8) is 0 Å². The molecule has 3 rings (SSSR count). The number of carbonyl (C=O) groups is 2. The van der Waals surface area contributed by atoms with Crippen LogP contribution in [0, 0.1) is 0 Å². The number of thioether (sulfide) groups is 2. The second-order valence-electron chi connectivity index (χ2n) is 7.38. The molecule has 0 bridgehead atoms. The molecule has 2 amide bonds. The van der Waals surface area contributed by atoms with E-state index in [0.717, 1.165) is 35.8 Å². The molecule has 0 aliphatic carbocycles. The molecule has 4 N–H and O–H groups in total. The van der Waals surface area contributed by atoms with Crippen LogP contribution in [0.5, 0.6) is 0 Å². The van der Waals surface area contributed by atoms with Crippen molar-refractivity contribution in [1.29, 1.82) is 0 Å². The minimum atomic E-state index is -0.354. The fourth-order valence-corrected chi connectivity index (χ4v) is 6.05. The van der Waals surface area contributed by atoms with Crippen LogP contribution in [0.2, 0.25) is 10.0 Å². The van der Waals surface area contributed by atoms with Crippen LogP contribution in [-0.4, -0.2) is 59.5 Å². The van der Waals surface area contributed by atoms with Gasteiger partial charge in [0.15, 0.2) is 0 Å². The van der Waals surface area contributed by atoms with E-state index in [1.807, 2.05) is 19.1 Å². The Morgan fingerprint density at radius 1 is 1.39 bits per heavy atom. The number of nitrogens with two attached hydrogens (primary N) is 1. The fraction of sp³-hybridized carbons (Fsp3) is 0.500. The first-order chi connectivity index (χ1) is 14.8. The number of allylic oxidation sites excluding steroid dienone is 1. The van der Waals surface area contributed by atoms with E-state index in [0.29, 0.717) is 28.9 Å². The quantitative estimate of drug-likeness (QED) is 0.475. The van der Waals surface area contributed by atoms with Gasteiger partial charge in [-0.2, -0.15) is 0 Å². The second kappa shape index (κ2) is 11.7. The maximum atomic E-state index is 12.3. The van der Waals surface area contributed by atoms with Gasteiger partial charge in [0.25, 0.3) is 0 Å². The third kappa shape index (κ3) is 7.76. The number of rotatable bonds is 9. The van der Waals surface area contributed by atoms with Gasteiger partial charge in [-0.05, 0) is 24.6 Å². The van der Waals surface area contributed by atoms with Crippen LogP contribution < -0.4 is 16.4 Å². The Morgan fingerprint density at radius 3 is 2.94 bits per heavy atom. The van der Waals surface area contributed by atoms with Gasteiger partial charge in [-0.3, -0.25) is 14.5 Å². The highest BCUT2D eigenvalue weighted by Gasteiger charge is 2.25. The minimum absolute atomic E-state index is 0.00715. The normalized spacial score (nSPS) is 21.8. The second-order valence-corrected chi connectivity index (χ2v) is 10.8. The van der Waals surface area contributed by atoms with Crippen molar-refractivity contribution in [3.8, 4) is 0 Å². The maximum Gasteiger partial charge on any atom is 0.230 e. The van der Waals surface area contributed by atoms with Crippen molar-refractivity contribution in [2.24, 2.45) is 5.73 Å². The summed E-state index contributed by atoms with van der Waals surface area (Å²) >= 11 is 15.1. The summed E-state index contributed by atoms with van der Waals surface area (Å²) in [5, 5.41) is 7.33. The zero-order chi connectivity index (χ0) is 22.4. The van der Waals surface area contributed by atoms with Crippen LogP contribution in [0.3, 0.4) is 0 Å². The predicted molar refractivity (Wildman–Crippen MR) is 128 cm³/mol. The van der Waals surface area contributed by atoms with Crippen molar-refractivity contribution in [3.05, 3.63) is 44.4 Å². The lowest BCUT2D eigenvalue weighted by atomic mass is 10.2. The Kier molecular flexibility index (Phi) is 9.24. The first kappa shape index (κ1) is 24.5. The summed E-state index contributed by atoms with van der Waals surface area (Å²) in [4.78, 5) is 26.6. The monoisotopic (exact) mass is 504 g/mol. The number of halogens is 2. The van der Waals surface area contributed by atoms with Crippen LogP contribution in [0.25, 0.3) is 0 Å². The van der Waals surface area contributed by atoms with Gasteiger partial charge < -0.3 is 21.1 Å². The minimum Gasteiger partial charge on any atom is -0.374 e. The van der Waals surface area contributed by atoms with E-state index < -0.39 is 0 Å². The number of hydrogen-bond acceptors (Lipinski definition) is 7. The third-order valence-corrected chi connectivity index (χ3v) is 8.19. The largest absolute Gasteiger partial charge is 0.374 e. The third-order valence-electron chi connectivity index (χ3n) is 4.84. The molecule has 0 saturated carbocycles. The Bertz CT molecular complexity index is 856. The summed E-state index contributed by atoms with van der Waals surface area (Å²) in [5.74, 6) is -0.0760. The Hall–Kier alpha value is -1.10. The Morgan fingerprint density at radius 2 is 2.19 bits per heavy atom. The van der Waals surface area contributed by atoms with Crippen molar-refractivity contribution in [2.45, 2.75) is 30.7 Å². The van der Waals surface area contributed by atoms with E-state index in [-0.39, 0.29) is 29.0 Å². The van der Waals surface area contributed by atoms with E-state index in [4.69, 9.17) is 33.7 Å². The molecule has 7 nitrogen and oxygen atoms in total. The number of morpholine rings is 1. The molecule has 2 aliphatic rings. The fourth-order valence-electron chi connectivity index (χ4n) is 3.29. The predicted octanol–water partition coefficient (Wildman–Crippen LogP) is 2.77. The van der Waals surface area contributed by atoms with Gasteiger partial charge in [-0.25, -0.2) is 0 Å². The van der Waals surface area contributed by atoms with E-state index in [2.05, 4.69) is 15.5 Å². The molecule has 2 heterocycles. The highest BCUT2D eigenvalue weighted by Crippen LogP contribution is 2.37. The van der Waals surface area contributed by atoms with Gasteiger partial charge in [-0.15, -0.1) is 11.8 Å². The zero-order valence-corrected chi connectivity index (χ0v) is 20.3. The molecule has 0 aromatic heterocycles. The van der Waals surface area contributed by atoms with Crippen LogP contribution in [0.1, 0.15) is 18.9 Å². The standard InChI is InChI=1S/C20H26Cl2N4O3S2/c1-12-17(7-18(23)27)31-20(25-12)30-11-19(28)24-8-14-10-26(4-5-29-14)9-13-2-3-15(21)16(22)6-13/h2-3,6,14,20,25H,4-5,7-11H2,1H3,(H2,23,27)(H,24,28)/t14-,20?/m0/s1. The number of benzene rings is 1. The smallest absolute Gasteiger partial charge is 0.230 e. The van der Waals surface area contributed by atoms with Gasteiger partial charge in [0.2, 0.25) is 11.8 Å². The van der Waals surface area contributed by atoms with Crippen LogP contribution in [-0.2, 0) is 20.9 Å². The summed E-state index contributed by atoms with van der Waals surface area (Å²) in [6, 6.07) is 5.66. The number of hydrogen-bond donors (Lipinski definition) is 3. The number of nitrogens with zero attached hydrogens (tertiary/aromatic N) is 1. The molecule has 1 aromatic carbocycles. The first-order valence-corrected chi connectivity index (χ1v) is 12.6. The molecule has 170 valence electrons. The van der Waals surface area contributed by atoms with Crippen molar-refractivity contribution in [2.75, 3.05) is 32.0 Å². The summed E-state index contributed by atoms with van der Waals surface area (Å²) < 4.78 is 5.81. The van der Waals surface area contributed by atoms with Crippen molar-refractivity contribution in [1.82, 2.24) is 15.5 Å². The summed E-state index contributed by atoms with van der Waals surface area (Å²) in [6.45, 7) is 5.30. The molecule has 0 radical (unpaired) electrons. The summed E-state index contributed by atoms with van der Waals surface area (Å²) in [5.41, 5.74) is 7.30. The molecule has 1 fully saturated rings. The average molecular weight is 505 g/mol. The molecule has 2 aliphatic heterocycles. The van der Waals surface area contributed by atoms with Crippen LogP contribution in [0.15, 0.2) is 28.8 Å². The van der Waals surface area contributed by atoms with Gasteiger partial charge in [-0.1, -0.05) is 41.0 Å². The highest BCUT2D eigenvalue weighted by atomic mass is 35.5. The molecular formula is C20H26Cl2N4O3S2. The van der Waals surface area contributed by atoms with Crippen LogP contribution >= 0.6 is 46.7 Å². The lowest BCUT2D eigenvalue weighted by molar-refractivity contribution is -0.120. The molecular weight excluding hydrogens is 479 g/mol. The molecule has 1 aromatic rings. The van der Waals surface area contributed by atoms with Gasteiger partial charge in [0, 0.05) is 36.8 Å². The molecule has 1 unspecified atom stereocenters. The van der Waals surface area contributed by atoms with Crippen molar-refractivity contribution < 1.29 is 14.3 Å². The molecule has 0 spiro atoms. The maximum absolute atomic E-state index is 12.3. The Labute approximate surface area is 200 Å². The summed E-state index contributed by atoms with van der Waals surface area (Å²) in [6.07, 6.45) is 0.167. The van der Waals surface area contributed by atoms with Crippen LogP contribution in [0.4, 0.5) is 0 Å². The highest BCUT2D eigenvalue weighted by molar-refractivity contribution is 8.19. The molecule has 11 heteroatoms. The number of nitrogens with one attached hydrogen (secondary N) is 2. The molecule has 31 heavy (non-hydrogen) atoms. The SMILES string of the molecule is CC1=C(CC(N)=O)SC(SCC(=O)NC[C@H]2CN(Cc3ccc(Cl)c(Cl)c3)CCO2)N1. The number of amides is 2. The van der Waals surface area contributed by atoms with E-state index >= 15 is 0 Å². The molecule has 1 saturated heterocycles. The Balaban J connectivity index is 1.36. The lowest BCUT2D eigenvalue weighted by Gasteiger charge is -2.33. The zero-order valence-electron chi connectivity index (χ0n) is 17.2. The number of carbonyl (C=O) groups excluding carboxylic acids is 2. The van der Waals surface area contributed by atoms with Gasteiger partial charge in [0.05, 0.1) is 34.9 Å². The average Bonchev–Trinajstić information content (AvgIpc) is 3.06. The van der Waals surface area contributed by atoms with Gasteiger partial charge >= 0.3 is 0 Å². The van der Waals surface area contributed by atoms with E-state index in [1.54, 1.807) is 6.07 Å². The van der Waals surface area contributed by atoms with E-state index in [9.17, 15) is 9.59 Å². The summed E-state index contributed by atoms with van der Waals surface area (Å²) in [7, 11) is 0. The first-order valence-electron chi connectivity index (χ1n) is 9.87. The number of ether oxygens (including phenoxy) is 1. The lowest BCUT2D eigenvalue weighted by Crippen LogP contribution is -2.47.